The molecule has 14 heavy (non-hydrogen) atoms. The molecule has 0 bridgehead atoms. The van der Waals surface area contributed by atoms with E-state index in [4.69, 9.17) is 21.8 Å². The lowest BCUT2D eigenvalue weighted by Crippen LogP contribution is -2.13. The summed E-state index contributed by atoms with van der Waals surface area (Å²) in [5, 5.41) is 11.7. The van der Waals surface area contributed by atoms with E-state index in [9.17, 15) is 0 Å². The summed E-state index contributed by atoms with van der Waals surface area (Å²) in [6, 6.07) is 2.77. The molecule has 0 spiro atoms. The summed E-state index contributed by atoms with van der Waals surface area (Å²) in [5.74, 6) is 0.918. The van der Waals surface area contributed by atoms with Gasteiger partial charge in [-0.05, 0) is 28.9 Å². The Labute approximate surface area is 84.6 Å². The van der Waals surface area contributed by atoms with Crippen molar-refractivity contribution in [2.24, 2.45) is 12.8 Å². The van der Waals surface area contributed by atoms with Gasteiger partial charge in [0.15, 0.2) is 11.0 Å². The largest absolute Gasteiger partial charge is 0.448 e. The third kappa shape index (κ3) is 1.61. The van der Waals surface area contributed by atoms with Gasteiger partial charge in [-0.25, -0.2) is 0 Å². The first-order valence-electron chi connectivity index (χ1n) is 3.91. The van der Waals surface area contributed by atoms with E-state index in [2.05, 4.69) is 15.4 Å². The average Bonchev–Trinajstić information content (AvgIpc) is 2.73. The van der Waals surface area contributed by atoms with E-state index in [0.29, 0.717) is 16.8 Å². The van der Waals surface area contributed by atoms with Crippen molar-refractivity contribution in [1.82, 2.24) is 20.2 Å². The first-order valence-corrected chi connectivity index (χ1v) is 4.29. The Hall–Kier alpha value is -1.40. The van der Waals surface area contributed by atoms with Crippen LogP contribution in [-0.4, -0.2) is 20.2 Å². The average molecular weight is 214 g/mol. The third-order valence-electron chi connectivity index (χ3n) is 1.70. The van der Waals surface area contributed by atoms with Crippen LogP contribution in [0.5, 0.6) is 0 Å². The number of aromatic nitrogens is 4. The number of rotatable bonds is 2. The second kappa shape index (κ2) is 3.39. The van der Waals surface area contributed by atoms with Gasteiger partial charge in [0.1, 0.15) is 11.8 Å². The minimum absolute atomic E-state index is 0.291. The zero-order chi connectivity index (χ0) is 10.1. The molecule has 74 valence electrons. The molecule has 0 fully saturated rings. The molecule has 1 unspecified atom stereocenters. The van der Waals surface area contributed by atoms with Crippen molar-refractivity contribution in [2.45, 2.75) is 6.04 Å². The van der Waals surface area contributed by atoms with E-state index in [-0.39, 0.29) is 0 Å². The van der Waals surface area contributed by atoms with Crippen LogP contribution in [0.2, 0.25) is 5.22 Å². The van der Waals surface area contributed by atoms with E-state index in [1.807, 2.05) is 0 Å². The molecule has 0 aliphatic heterocycles. The van der Waals surface area contributed by atoms with Crippen molar-refractivity contribution < 1.29 is 4.42 Å². The van der Waals surface area contributed by atoms with Crippen LogP contribution >= 0.6 is 11.6 Å². The Morgan fingerprint density at radius 3 is 2.86 bits per heavy atom. The number of furan rings is 1. The van der Waals surface area contributed by atoms with Crippen LogP contribution in [-0.2, 0) is 7.05 Å². The molecule has 0 aliphatic rings. The van der Waals surface area contributed by atoms with Gasteiger partial charge in [0, 0.05) is 0 Å². The highest BCUT2D eigenvalue weighted by Crippen LogP contribution is 2.20. The number of aryl methyl sites for hydroxylation is 1. The molecule has 2 heterocycles. The summed E-state index contributed by atoms with van der Waals surface area (Å²) in [6.07, 6.45) is 0. The number of halogens is 1. The van der Waals surface area contributed by atoms with Crippen LogP contribution in [0.4, 0.5) is 0 Å². The van der Waals surface area contributed by atoms with Crippen molar-refractivity contribution in [2.75, 3.05) is 0 Å². The molecule has 0 amide bonds. The summed E-state index contributed by atoms with van der Waals surface area (Å²) in [7, 11) is 1.67. The predicted molar refractivity (Wildman–Crippen MR) is 48.5 cm³/mol. The molecule has 2 aromatic rings. The number of hydrogen-bond donors (Lipinski definition) is 1. The van der Waals surface area contributed by atoms with Gasteiger partial charge in [-0.2, -0.15) is 4.80 Å². The number of nitrogens with two attached hydrogens (primary N) is 1. The molecule has 0 aromatic carbocycles. The van der Waals surface area contributed by atoms with Crippen LogP contribution in [0, 0.1) is 0 Å². The van der Waals surface area contributed by atoms with Gasteiger partial charge in [0.25, 0.3) is 0 Å². The van der Waals surface area contributed by atoms with Crippen molar-refractivity contribution in [3.63, 3.8) is 0 Å². The first-order chi connectivity index (χ1) is 6.66. The van der Waals surface area contributed by atoms with E-state index in [1.54, 1.807) is 19.2 Å². The summed E-state index contributed by atoms with van der Waals surface area (Å²) >= 11 is 5.61. The molecule has 7 heteroatoms. The maximum atomic E-state index is 5.81. The molecule has 1 atom stereocenters. The normalized spacial score (nSPS) is 13.1. The zero-order valence-corrected chi connectivity index (χ0v) is 8.14. The van der Waals surface area contributed by atoms with Crippen molar-refractivity contribution in [3.05, 3.63) is 28.9 Å². The fraction of sp³-hybridized carbons (Fsp3) is 0.286. The number of nitrogens with zero attached hydrogens (tertiary/aromatic N) is 4. The Morgan fingerprint density at radius 1 is 1.57 bits per heavy atom. The summed E-state index contributed by atoms with van der Waals surface area (Å²) in [5.41, 5.74) is 5.81. The van der Waals surface area contributed by atoms with Gasteiger partial charge < -0.3 is 10.2 Å². The lowest BCUT2D eigenvalue weighted by molar-refractivity contribution is 0.483. The summed E-state index contributed by atoms with van der Waals surface area (Å²) < 4.78 is 5.13. The van der Waals surface area contributed by atoms with E-state index in [0.717, 1.165) is 0 Å². The topological polar surface area (TPSA) is 82.8 Å². The van der Waals surface area contributed by atoms with Gasteiger partial charge in [0.2, 0.25) is 0 Å². The van der Waals surface area contributed by atoms with Gasteiger partial charge in [-0.1, -0.05) is 0 Å². The highest BCUT2D eigenvalue weighted by Gasteiger charge is 2.17. The van der Waals surface area contributed by atoms with Crippen molar-refractivity contribution in [3.8, 4) is 0 Å². The minimum Gasteiger partial charge on any atom is -0.448 e. The van der Waals surface area contributed by atoms with Gasteiger partial charge in [-0.3, -0.25) is 0 Å². The van der Waals surface area contributed by atoms with Crippen LogP contribution in [0.25, 0.3) is 0 Å². The molecule has 2 rings (SSSR count). The maximum absolute atomic E-state index is 5.81. The number of hydrogen-bond acceptors (Lipinski definition) is 5. The van der Waals surface area contributed by atoms with E-state index in [1.165, 1.54) is 4.80 Å². The summed E-state index contributed by atoms with van der Waals surface area (Å²) in [6.45, 7) is 0. The van der Waals surface area contributed by atoms with Crippen LogP contribution in [0.3, 0.4) is 0 Å². The van der Waals surface area contributed by atoms with Crippen LogP contribution in [0.1, 0.15) is 17.6 Å². The molecule has 2 aromatic heterocycles. The zero-order valence-electron chi connectivity index (χ0n) is 7.38. The maximum Gasteiger partial charge on any atom is 0.199 e. The fourth-order valence-corrected chi connectivity index (χ4v) is 1.20. The molecule has 2 N–H and O–H groups in total. The Balaban J connectivity index is 2.28. The van der Waals surface area contributed by atoms with Crippen LogP contribution < -0.4 is 5.73 Å². The first kappa shape index (κ1) is 9.17. The molecule has 6 nitrogen and oxygen atoms in total. The van der Waals surface area contributed by atoms with E-state index >= 15 is 0 Å². The van der Waals surface area contributed by atoms with Gasteiger partial charge in [-0.15, -0.1) is 10.2 Å². The van der Waals surface area contributed by atoms with Gasteiger partial charge >= 0.3 is 0 Å². The molecule has 0 radical (unpaired) electrons. The Kier molecular flexibility index (Phi) is 2.22. The lowest BCUT2D eigenvalue weighted by atomic mass is 10.2. The molecular formula is C7H8ClN5O. The van der Waals surface area contributed by atoms with E-state index < -0.39 is 6.04 Å². The molecular weight excluding hydrogens is 206 g/mol. The molecule has 0 aliphatic carbocycles. The Bertz CT molecular complexity index is 396. The monoisotopic (exact) mass is 213 g/mol. The van der Waals surface area contributed by atoms with Crippen molar-refractivity contribution >= 4 is 11.6 Å². The number of tetrazole rings is 1. The standard InChI is InChI=1S/C7H8ClN5O/c1-13-11-7(10-12-13)6(9)4-2-3-5(8)14-4/h2-3,6H,9H2,1H3. The molecule has 0 saturated carbocycles. The quantitative estimate of drug-likeness (QED) is 0.786. The Morgan fingerprint density at radius 2 is 2.36 bits per heavy atom. The fourth-order valence-electron chi connectivity index (χ4n) is 1.05. The second-order valence-corrected chi connectivity index (χ2v) is 3.13. The van der Waals surface area contributed by atoms with Gasteiger partial charge in [0.05, 0.1) is 7.05 Å². The third-order valence-corrected chi connectivity index (χ3v) is 1.91. The van der Waals surface area contributed by atoms with Crippen LogP contribution in [0.15, 0.2) is 16.5 Å². The second-order valence-electron chi connectivity index (χ2n) is 2.76. The minimum atomic E-state index is -0.531. The highest BCUT2D eigenvalue weighted by atomic mass is 35.5. The smallest absolute Gasteiger partial charge is 0.199 e. The SMILES string of the molecule is Cn1nnc(C(N)c2ccc(Cl)o2)n1. The van der Waals surface area contributed by atoms with Crippen molar-refractivity contribution in [1.29, 1.82) is 0 Å². The summed E-state index contributed by atoms with van der Waals surface area (Å²) in [4.78, 5) is 1.33. The predicted octanol–water partition coefficient (Wildman–Crippen LogP) is 0.505. The highest BCUT2D eigenvalue weighted by molar-refractivity contribution is 6.28. The molecule has 0 saturated heterocycles. The lowest BCUT2D eigenvalue weighted by Gasteiger charge is -2.01.